The predicted molar refractivity (Wildman–Crippen MR) is 127 cm³/mol. The fourth-order valence-corrected chi connectivity index (χ4v) is 3.93. The number of hydrogen-bond acceptors (Lipinski definition) is 6. The lowest BCUT2D eigenvalue weighted by Crippen LogP contribution is -2.32. The van der Waals surface area contributed by atoms with Crippen LogP contribution in [0.2, 0.25) is 5.02 Å². The molecule has 174 valence electrons. The average Bonchev–Trinajstić information content (AvgIpc) is 3.04. The van der Waals surface area contributed by atoms with Crippen LogP contribution in [0.3, 0.4) is 0 Å². The van der Waals surface area contributed by atoms with E-state index in [2.05, 4.69) is 6.58 Å². The number of ketones is 1. The van der Waals surface area contributed by atoms with Gasteiger partial charge in [-0.1, -0.05) is 36.4 Å². The number of benzene rings is 2. The zero-order valence-electron chi connectivity index (χ0n) is 18.6. The highest BCUT2D eigenvalue weighted by molar-refractivity contribution is 6.46. The summed E-state index contributed by atoms with van der Waals surface area (Å²) in [4.78, 5) is 29.5. The monoisotopic (exact) mass is 470 g/mol. The largest absolute Gasteiger partial charge is 0.507 e. The van der Waals surface area contributed by atoms with Crippen LogP contribution in [-0.4, -0.2) is 65.5 Å². The van der Waals surface area contributed by atoms with Crippen LogP contribution in [0, 0.1) is 0 Å². The van der Waals surface area contributed by atoms with Crippen molar-refractivity contribution in [2.45, 2.75) is 12.5 Å². The SMILES string of the molecule is C=CCOc1ccc(C2/C(=C(\O)c3cc(Cl)ccc3O)C(=O)C(=O)N2CCCN(C)C)cc1. The standard InChI is InChI=1S/C25H27ClN2O5/c1-4-14-33-18-9-6-16(7-10-18)22-21(23(30)19-15-17(26)8-11-20(19)29)24(31)25(32)28(22)13-5-12-27(2)3/h4,6-11,15,22,29-30H,1,5,12-14H2,2-3H3/b23-21+. The molecule has 1 atom stereocenters. The van der Waals surface area contributed by atoms with E-state index < -0.39 is 23.5 Å². The Morgan fingerprint density at radius 2 is 1.91 bits per heavy atom. The van der Waals surface area contributed by atoms with Gasteiger partial charge in [-0.25, -0.2) is 0 Å². The van der Waals surface area contributed by atoms with Gasteiger partial charge < -0.3 is 24.7 Å². The smallest absolute Gasteiger partial charge is 0.295 e. The molecule has 1 fully saturated rings. The van der Waals surface area contributed by atoms with Crippen molar-refractivity contribution in [3.63, 3.8) is 0 Å². The topological polar surface area (TPSA) is 90.3 Å². The molecule has 7 nitrogen and oxygen atoms in total. The van der Waals surface area contributed by atoms with Crippen molar-refractivity contribution in [2.24, 2.45) is 0 Å². The summed E-state index contributed by atoms with van der Waals surface area (Å²) in [5.41, 5.74) is 0.528. The lowest BCUT2D eigenvalue weighted by molar-refractivity contribution is -0.139. The third-order valence-corrected chi connectivity index (χ3v) is 5.56. The number of carbonyl (C=O) groups excluding carboxylic acids is 2. The molecule has 0 spiro atoms. The summed E-state index contributed by atoms with van der Waals surface area (Å²) in [5.74, 6) is -1.62. The summed E-state index contributed by atoms with van der Waals surface area (Å²) >= 11 is 6.04. The molecular formula is C25H27ClN2O5. The molecule has 0 radical (unpaired) electrons. The second-order valence-corrected chi connectivity index (χ2v) is 8.42. The van der Waals surface area contributed by atoms with Crippen LogP contribution in [0.15, 0.2) is 60.7 Å². The maximum Gasteiger partial charge on any atom is 0.295 e. The molecule has 1 amide bonds. The Balaban J connectivity index is 2.09. The number of carbonyl (C=O) groups is 2. The Morgan fingerprint density at radius 3 is 2.55 bits per heavy atom. The van der Waals surface area contributed by atoms with Crippen LogP contribution >= 0.6 is 11.6 Å². The van der Waals surface area contributed by atoms with E-state index in [1.165, 1.54) is 23.1 Å². The van der Waals surface area contributed by atoms with E-state index in [-0.39, 0.29) is 21.9 Å². The highest BCUT2D eigenvalue weighted by Gasteiger charge is 2.46. The summed E-state index contributed by atoms with van der Waals surface area (Å²) in [5, 5.41) is 21.6. The van der Waals surface area contributed by atoms with Gasteiger partial charge in [0.1, 0.15) is 23.9 Å². The van der Waals surface area contributed by atoms with Gasteiger partial charge in [0.05, 0.1) is 17.2 Å². The zero-order valence-corrected chi connectivity index (χ0v) is 19.4. The number of aromatic hydroxyl groups is 1. The molecule has 8 heteroatoms. The zero-order chi connectivity index (χ0) is 24.1. The van der Waals surface area contributed by atoms with Crippen molar-refractivity contribution in [2.75, 3.05) is 33.8 Å². The first-order valence-corrected chi connectivity index (χ1v) is 10.9. The molecule has 0 bridgehead atoms. The fourth-order valence-electron chi connectivity index (χ4n) is 3.76. The quantitative estimate of drug-likeness (QED) is 0.249. The normalized spacial score (nSPS) is 17.6. The van der Waals surface area contributed by atoms with E-state index in [9.17, 15) is 19.8 Å². The maximum atomic E-state index is 13.0. The first-order chi connectivity index (χ1) is 15.7. The number of hydrogen-bond donors (Lipinski definition) is 2. The van der Waals surface area contributed by atoms with Gasteiger partial charge in [-0.15, -0.1) is 0 Å². The molecule has 2 aromatic rings. The van der Waals surface area contributed by atoms with Crippen molar-refractivity contribution in [1.29, 1.82) is 0 Å². The van der Waals surface area contributed by atoms with Crippen molar-refractivity contribution in [1.82, 2.24) is 9.80 Å². The maximum absolute atomic E-state index is 13.0. The van der Waals surface area contributed by atoms with E-state index in [1.807, 2.05) is 19.0 Å². The summed E-state index contributed by atoms with van der Waals surface area (Å²) in [7, 11) is 3.85. The van der Waals surface area contributed by atoms with Crippen molar-refractivity contribution in [3.8, 4) is 11.5 Å². The number of likely N-dealkylation sites (tertiary alicyclic amines) is 1. The third-order valence-electron chi connectivity index (χ3n) is 5.32. The number of amides is 1. The number of rotatable bonds is 9. The van der Waals surface area contributed by atoms with Crippen LogP contribution in [-0.2, 0) is 9.59 Å². The fraction of sp³-hybridized carbons (Fsp3) is 0.280. The minimum absolute atomic E-state index is 0.00951. The molecule has 33 heavy (non-hydrogen) atoms. The number of aliphatic hydroxyl groups is 1. The minimum atomic E-state index is -0.820. The van der Waals surface area contributed by atoms with Crippen LogP contribution < -0.4 is 4.74 Å². The van der Waals surface area contributed by atoms with E-state index in [0.29, 0.717) is 30.9 Å². The lowest BCUT2D eigenvalue weighted by Gasteiger charge is -2.26. The summed E-state index contributed by atoms with van der Waals surface area (Å²) in [6, 6.07) is 10.3. The molecule has 0 aliphatic carbocycles. The van der Waals surface area contributed by atoms with Gasteiger partial charge in [0.25, 0.3) is 11.7 Å². The number of Topliss-reactive ketones (excluding diaryl/α,β-unsaturated/α-hetero) is 1. The van der Waals surface area contributed by atoms with Gasteiger partial charge in [-0.3, -0.25) is 9.59 Å². The first-order valence-electron chi connectivity index (χ1n) is 10.5. The molecule has 1 unspecified atom stereocenters. The predicted octanol–water partition coefficient (Wildman–Crippen LogP) is 3.98. The molecule has 1 aliphatic rings. The van der Waals surface area contributed by atoms with Gasteiger partial charge in [-0.2, -0.15) is 0 Å². The first kappa shape index (κ1) is 24.4. The number of phenols is 1. The molecule has 1 heterocycles. The molecular weight excluding hydrogens is 444 g/mol. The molecule has 1 saturated heterocycles. The number of aliphatic hydroxyl groups excluding tert-OH is 1. The molecule has 1 aliphatic heterocycles. The van der Waals surface area contributed by atoms with Gasteiger partial charge in [0.15, 0.2) is 0 Å². The van der Waals surface area contributed by atoms with Gasteiger partial charge in [-0.05, 0) is 63.0 Å². The number of nitrogens with zero attached hydrogens (tertiary/aromatic N) is 2. The van der Waals surface area contributed by atoms with Crippen LogP contribution in [0.25, 0.3) is 5.76 Å². The molecule has 2 N–H and O–H groups in total. The van der Waals surface area contributed by atoms with E-state index >= 15 is 0 Å². The Bertz CT molecular complexity index is 1080. The van der Waals surface area contributed by atoms with Crippen molar-refractivity contribution in [3.05, 3.63) is 76.8 Å². The second kappa shape index (κ2) is 10.6. The number of phenolic OH excluding ortho intramolecular Hbond substituents is 1. The molecule has 0 saturated carbocycles. The molecule has 3 rings (SSSR count). The van der Waals surface area contributed by atoms with Crippen LogP contribution in [0.1, 0.15) is 23.6 Å². The van der Waals surface area contributed by atoms with E-state index in [4.69, 9.17) is 16.3 Å². The van der Waals surface area contributed by atoms with Crippen LogP contribution in [0.4, 0.5) is 0 Å². The third kappa shape index (κ3) is 5.38. The Kier molecular flexibility index (Phi) is 7.79. The average molecular weight is 471 g/mol. The lowest BCUT2D eigenvalue weighted by atomic mass is 9.95. The molecule has 0 aromatic heterocycles. The van der Waals surface area contributed by atoms with Crippen LogP contribution in [0.5, 0.6) is 11.5 Å². The number of ether oxygens (including phenoxy) is 1. The van der Waals surface area contributed by atoms with E-state index in [0.717, 1.165) is 6.54 Å². The summed E-state index contributed by atoms with van der Waals surface area (Å²) in [6.07, 6.45) is 2.27. The van der Waals surface area contributed by atoms with Crippen molar-refractivity contribution < 1.29 is 24.5 Å². The number of halogens is 1. The Morgan fingerprint density at radius 1 is 1.21 bits per heavy atom. The van der Waals surface area contributed by atoms with Crippen molar-refractivity contribution >= 4 is 29.1 Å². The minimum Gasteiger partial charge on any atom is -0.507 e. The van der Waals surface area contributed by atoms with E-state index in [1.54, 1.807) is 30.3 Å². The highest BCUT2D eigenvalue weighted by Crippen LogP contribution is 2.41. The van der Waals surface area contributed by atoms with Gasteiger partial charge in [0, 0.05) is 11.6 Å². The second-order valence-electron chi connectivity index (χ2n) is 7.98. The summed E-state index contributed by atoms with van der Waals surface area (Å²) < 4.78 is 5.53. The summed E-state index contributed by atoms with van der Waals surface area (Å²) in [6.45, 7) is 5.01. The molecule has 2 aromatic carbocycles. The van der Waals surface area contributed by atoms with Gasteiger partial charge in [0.2, 0.25) is 0 Å². The Labute approximate surface area is 198 Å². The van der Waals surface area contributed by atoms with Gasteiger partial charge >= 0.3 is 0 Å². The highest BCUT2D eigenvalue weighted by atomic mass is 35.5. The Hall–Kier alpha value is -3.29.